The number of fused-ring (bicyclic) bond motifs is 1. The zero-order valence-electron chi connectivity index (χ0n) is 20.5. The van der Waals surface area contributed by atoms with Crippen LogP contribution in [-0.4, -0.2) is 45.2 Å². The number of nitrogen functional groups attached to an aromatic ring is 1. The lowest BCUT2D eigenvalue weighted by Gasteiger charge is -2.26. The molecule has 1 unspecified atom stereocenters. The minimum atomic E-state index is -3.94. The number of methoxy groups -OCH3 is 1. The second-order valence-corrected chi connectivity index (χ2v) is 10.8. The molecule has 0 saturated carbocycles. The summed E-state index contributed by atoms with van der Waals surface area (Å²) in [7, 11) is -2.64. The van der Waals surface area contributed by atoms with E-state index in [9.17, 15) is 9.36 Å². The number of imidazole rings is 1. The molecular weight excluding hydrogens is 483 g/mol. The lowest BCUT2D eigenvalue weighted by molar-refractivity contribution is -0.143. The summed E-state index contributed by atoms with van der Waals surface area (Å²) in [4.78, 5) is 25.0. The van der Waals surface area contributed by atoms with Crippen molar-refractivity contribution in [2.24, 2.45) is 11.8 Å². The van der Waals surface area contributed by atoms with Gasteiger partial charge in [0, 0.05) is 5.92 Å². The predicted octanol–water partition coefficient (Wildman–Crippen LogP) is 3.91. The average molecular weight is 515 g/mol. The van der Waals surface area contributed by atoms with Crippen molar-refractivity contribution in [3.8, 4) is 5.75 Å². The van der Waals surface area contributed by atoms with Crippen LogP contribution in [0.2, 0.25) is 0 Å². The number of ether oxygens (including phenoxy) is 1. The summed E-state index contributed by atoms with van der Waals surface area (Å²) in [5.74, 6) is 0.255. The van der Waals surface area contributed by atoms with Gasteiger partial charge in [0.1, 0.15) is 23.6 Å². The summed E-state index contributed by atoms with van der Waals surface area (Å²) in [6.07, 6.45) is 8.20. The van der Waals surface area contributed by atoms with E-state index in [1.807, 2.05) is 36.6 Å². The van der Waals surface area contributed by atoms with E-state index in [0.717, 1.165) is 0 Å². The van der Waals surface area contributed by atoms with Gasteiger partial charge in [-0.2, -0.15) is 5.09 Å². The third-order valence-corrected chi connectivity index (χ3v) is 7.40. The van der Waals surface area contributed by atoms with E-state index in [1.165, 1.54) is 13.4 Å². The van der Waals surface area contributed by atoms with Gasteiger partial charge in [0.25, 0.3) is 0 Å². The van der Waals surface area contributed by atoms with Gasteiger partial charge >= 0.3 is 13.7 Å². The van der Waals surface area contributed by atoms with Crippen LogP contribution in [0.1, 0.15) is 32.7 Å². The third-order valence-electron chi connectivity index (χ3n) is 5.83. The summed E-state index contributed by atoms with van der Waals surface area (Å²) >= 11 is 0. The zero-order valence-corrected chi connectivity index (χ0v) is 21.4. The van der Waals surface area contributed by atoms with Gasteiger partial charge in [-0.25, -0.2) is 19.5 Å². The second-order valence-electron chi connectivity index (χ2n) is 9.06. The third kappa shape index (κ3) is 6.10. The summed E-state index contributed by atoms with van der Waals surface area (Å²) < 4.78 is 32.4. The Hall–Kier alpha value is -3.27. The molecule has 1 aliphatic rings. The lowest BCUT2D eigenvalue weighted by Crippen LogP contribution is -2.38. The number of para-hydroxylation sites is 1. The van der Waals surface area contributed by atoms with Crippen LogP contribution in [0.25, 0.3) is 11.2 Å². The number of rotatable bonds is 11. The largest absolute Gasteiger partial charge is 0.468 e. The predicted molar refractivity (Wildman–Crippen MR) is 135 cm³/mol. The number of hydrogen-bond acceptors (Lipinski definition) is 9. The highest BCUT2D eigenvalue weighted by atomic mass is 31.2. The molecule has 2 aromatic heterocycles. The Labute approximate surface area is 209 Å². The summed E-state index contributed by atoms with van der Waals surface area (Å²) in [5.41, 5.74) is 7.10. The maximum Gasteiger partial charge on any atom is 0.459 e. The Morgan fingerprint density at radius 2 is 2.00 bits per heavy atom. The van der Waals surface area contributed by atoms with Crippen LogP contribution in [0.5, 0.6) is 5.75 Å². The van der Waals surface area contributed by atoms with Gasteiger partial charge < -0.3 is 19.6 Å². The first-order valence-corrected chi connectivity index (χ1v) is 13.3. The Kier molecular flexibility index (Phi) is 8.03. The molecule has 11 nitrogen and oxygen atoms in total. The minimum Gasteiger partial charge on any atom is -0.468 e. The van der Waals surface area contributed by atoms with Crippen LogP contribution in [0.15, 0.2) is 55.1 Å². The number of anilines is 1. The van der Waals surface area contributed by atoms with Crippen molar-refractivity contribution < 1.29 is 23.1 Å². The van der Waals surface area contributed by atoms with Gasteiger partial charge in [0.2, 0.25) is 0 Å². The normalized spacial score (nSPS) is 19.9. The Morgan fingerprint density at radius 1 is 1.22 bits per heavy atom. The van der Waals surface area contributed by atoms with Crippen molar-refractivity contribution in [2.45, 2.75) is 38.8 Å². The fourth-order valence-corrected chi connectivity index (χ4v) is 5.66. The molecule has 0 fully saturated rings. The molecule has 1 aromatic carbocycles. The molecule has 3 N–H and O–H groups in total. The molecule has 2 heterocycles. The summed E-state index contributed by atoms with van der Waals surface area (Å²) in [5, 5.41) is 2.82. The van der Waals surface area contributed by atoms with E-state index in [1.54, 1.807) is 30.6 Å². The van der Waals surface area contributed by atoms with Crippen molar-refractivity contribution >= 4 is 30.7 Å². The molecule has 4 atom stereocenters. The molecule has 192 valence electrons. The number of esters is 1. The van der Waals surface area contributed by atoms with E-state index in [0.29, 0.717) is 35.6 Å². The van der Waals surface area contributed by atoms with E-state index < -0.39 is 19.8 Å². The smallest absolute Gasteiger partial charge is 0.459 e. The first-order chi connectivity index (χ1) is 17.3. The Balaban J connectivity index is 1.47. The highest BCUT2D eigenvalue weighted by Crippen LogP contribution is 2.46. The molecule has 4 rings (SSSR count). The summed E-state index contributed by atoms with van der Waals surface area (Å²) in [6, 6.07) is 7.84. The minimum absolute atomic E-state index is 0.0240. The van der Waals surface area contributed by atoms with Crippen molar-refractivity contribution in [3.05, 3.63) is 55.1 Å². The van der Waals surface area contributed by atoms with Gasteiger partial charge in [0.05, 0.1) is 26.1 Å². The first kappa shape index (κ1) is 25.8. The number of aromatic nitrogens is 4. The molecule has 0 spiro atoms. The number of hydrogen-bond donors (Lipinski definition) is 2. The highest BCUT2D eigenvalue weighted by Gasteiger charge is 2.36. The van der Waals surface area contributed by atoms with Gasteiger partial charge in [-0.1, -0.05) is 44.2 Å². The maximum atomic E-state index is 13.8. The number of carbonyl (C=O) groups is 1. The van der Waals surface area contributed by atoms with Crippen molar-refractivity contribution in [3.63, 3.8) is 0 Å². The highest BCUT2D eigenvalue weighted by molar-refractivity contribution is 7.52. The fraction of sp³-hybridized carbons (Fsp3) is 0.417. The maximum absolute atomic E-state index is 13.8. The first-order valence-electron chi connectivity index (χ1n) is 11.7. The second kappa shape index (κ2) is 11.2. The monoisotopic (exact) mass is 514 g/mol. The quantitative estimate of drug-likeness (QED) is 0.220. The number of benzene rings is 1. The molecule has 3 aromatic rings. The standard InChI is InChI=1S/C24H31N6O5P/c1-16(2)11-20(24(31)33-3)29-36(32,35-19-7-5-4-6-8-19)34-13-17-9-10-18(12-17)30-15-28-21-22(25)26-14-27-23(21)30/h4-10,14-18,20H,11-13H2,1-3H3,(H,29,32)(H2,25,26,27)/t17-,18+,20+,36?/m0/s1. The van der Waals surface area contributed by atoms with E-state index in [2.05, 4.69) is 20.0 Å². The molecule has 0 radical (unpaired) electrons. The van der Waals surface area contributed by atoms with E-state index in [-0.39, 0.29) is 24.5 Å². The fourth-order valence-electron chi connectivity index (χ4n) is 4.11. The van der Waals surface area contributed by atoms with Crippen molar-refractivity contribution in [1.29, 1.82) is 0 Å². The van der Waals surface area contributed by atoms with Crippen molar-refractivity contribution in [1.82, 2.24) is 24.6 Å². The van der Waals surface area contributed by atoms with Crippen LogP contribution in [-0.2, 0) is 18.6 Å². The molecule has 12 heteroatoms. The molecule has 0 saturated heterocycles. The number of allylic oxidation sites excluding steroid dienone is 1. The van der Waals surface area contributed by atoms with Crippen LogP contribution < -0.4 is 15.3 Å². The van der Waals surface area contributed by atoms with E-state index in [4.69, 9.17) is 19.5 Å². The molecule has 1 aliphatic carbocycles. The average Bonchev–Trinajstić information content (AvgIpc) is 3.50. The lowest BCUT2D eigenvalue weighted by atomic mass is 10.1. The molecule has 0 aliphatic heterocycles. The van der Waals surface area contributed by atoms with Crippen LogP contribution >= 0.6 is 7.75 Å². The molecular formula is C24H31N6O5P. The SMILES string of the molecule is COC(=O)[C@@H](CC(C)C)NP(=O)(OC[C@H]1C=C[C@@H](n2cnc3c(N)ncnc32)C1)Oc1ccccc1. The van der Waals surface area contributed by atoms with Gasteiger partial charge in [-0.15, -0.1) is 0 Å². The number of nitrogens with two attached hydrogens (primary N) is 1. The van der Waals surface area contributed by atoms with Crippen molar-refractivity contribution in [2.75, 3.05) is 19.5 Å². The van der Waals surface area contributed by atoms with Gasteiger partial charge in [-0.05, 0) is 30.9 Å². The topological polar surface area (TPSA) is 143 Å². The zero-order chi connectivity index (χ0) is 25.7. The van der Waals surface area contributed by atoms with Crippen LogP contribution in [0.3, 0.4) is 0 Å². The van der Waals surface area contributed by atoms with E-state index >= 15 is 0 Å². The molecule has 0 bridgehead atoms. The van der Waals surface area contributed by atoms with Crippen LogP contribution in [0.4, 0.5) is 5.82 Å². The Bertz CT molecular complexity index is 1260. The number of carbonyl (C=O) groups excluding carboxylic acids is 1. The van der Waals surface area contributed by atoms with Crippen LogP contribution in [0, 0.1) is 11.8 Å². The number of nitrogens with zero attached hydrogens (tertiary/aromatic N) is 4. The van der Waals surface area contributed by atoms with Gasteiger partial charge in [0.15, 0.2) is 11.5 Å². The molecule has 0 amide bonds. The number of nitrogens with one attached hydrogen (secondary N) is 1. The summed E-state index contributed by atoms with van der Waals surface area (Å²) in [6.45, 7) is 4.04. The Morgan fingerprint density at radius 3 is 2.72 bits per heavy atom. The molecule has 36 heavy (non-hydrogen) atoms. The van der Waals surface area contributed by atoms with Gasteiger partial charge in [-0.3, -0.25) is 9.32 Å².